The summed E-state index contributed by atoms with van der Waals surface area (Å²) < 4.78 is 0. The Kier molecular flexibility index (Phi) is 5.11. The molecule has 0 unspecified atom stereocenters. The molecule has 27 heavy (non-hydrogen) atoms. The smallest absolute Gasteiger partial charge is 0.271 e. The van der Waals surface area contributed by atoms with Crippen molar-refractivity contribution in [3.63, 3.8) is 0 Å². The Balaban J connectivity index is 1.94. The summed E-state index contributed by atoms with van der Waals surface area (Å²) in [4.78, 5) is 35.8. The van der Waals surface area contributed by atoms with Crippen molar-refractivity contribution in [2.45, 2.75) is 19.4 Å². The first-order chi connectivity index (χ1) is 13.0. The van der Waals surface area contributed by atoms with Crippen LogP contribution in [0.4, 0.5) is 17.3 Å². The highest BCUT2D eigenvalue weighted by Gasteiger charge is 2.17. The lowest BCUT2D eigenvalue weighted by molar-refractivity contribution is -0.118. The average molecular weight is 365 g/mol. The number of carbonyl (C=O) groups excluding carboxylic acids is 2. The van der Waals surface area contributed by atoms with E-state index in [0.29, 0.717) is 17.9 Å². The fourth-order valence-electron chi connectivity index (χ4n) is 2.56. The minimum atomic E-state index is -0.729. The minimum Gasteiger partial charge on any atom is -0.368 e. The Morgan fingerprint density at radius 2 is 1.93 bits per heavy atom. The van der Waals surface area contributed by atoms with Gasteiger partial charge in [0.2, 0.25) is 5.91 Å². The summed E-state index contributed by atoms with van der Waals surface area (Å²) in [7, 11) is 0. The highest BCUT2D eigenvalue weighted by atomic mass is 16.1. The first-order valence-corrected chi connectivity index (χ1v) is 8.32. The molecule has 3 aromatic rings. The van der Waals surface area contributed by atoms with Crippen molar-refractivity contribution in [2.24, 2.45) is 11.5 Å². The molecule has 2 aromatic heterocycles. The van der Waals surface area contributed by atoms with Crippen molar-refractivity contribution >= 4 is 40.0 Å². The van der Waals surface area contributed by atoms with Gasteiger partial charge in [0.25, 0.3) is 5.91 Å². The van der Waals surface area contributed by atoms with Gasteiger partial charge >= 0.3 is 0 Å². The quantitative estimate of drug-likeness (QED) is 0.496. The fourth-order valence-corrected chi connectivity index (χ4v) is 2.56. The molecule has 1 atom stereocenters. The number of benzene rings is 1. The van der Waals surface area contributed by atoms with Crippen molar-refractivity contribution < 1.29 is 9.59 Å². The van der Waals surface area contributed by atoms with E-state index in [1.165, 1.54) is 6.20 Å². The molecule has 2 heterocycles. The number of hydrogen-bond acceptors (Lipinski definition) is 7. The van der Waals surface area contributed by atoms with E-state index in [1.807, 2.05) is 37.3 Å². The Morgan fingerprint density at radius 3 is 2.63 bits per heavy atom. The lowest BCUT2D eigenvalue weighted by atomic mass is 10.2. The highest BCUT2D eigenvalue weighted by Crippen LogP contribution is 2.22. The van der Waals surface area contributed by atoms with Gasteiger partial charge in [-0.25, -0.2) is 9.97 Å². The van der Waals surface area contributed by atoms with Gasteiger partial charge in [-0.15, -0.1) is 0 Å². The average Bonchev–Trinajstić information content (AvgIpc) is 2.65. The number of para-hydroxylation sites is 1. The summed E-state index contributed by atoms with van der Waals surface area (Å²) in [5.41, 5.74) is 12.2. The van der Waals surface area contributed by atoms with Crippen LogP contribution in [0.5, 0.6) is 0 Å². The molecule has 3 rings (SSSR count). The normalized spacial score (nSPS) is 11.7. The van der Waals surface area contributed by atoms with Gasteiger partial charge in [0.1, 0.15) is 11.9 Å². The Bertz CT molecular complexity index is 1010. The third kappa shape index (κ3) is 4.09. The molecule has 2 amide bonds. The zero-order valence-electron chi connectivity index (χ0n) is 14.6. The van der Waals surface area contributed by atoms with Crippen molar-refractivity contribution in [3.8, 4) is 0 Å². The number of nitrogens with one attached hydrogen (secondary N) is 2. The molecule has 0 aliphatic rings. The van der Waals surface area contributed by atoms with Gasteiger partial charge in [0, 0.05) is 5.39 Å². The third-order valence-corrected chi connectivity index (χ3v) is 3.93. The molecule has 0 fully saturated rings. The summed E-state index contributed by atoms with van der Waals surface area (Å²) in [5.74, 6) is -0.787. The van der Waals surface area contributed by atoms with Crippen LogP contribution in [-0.2, 0) is 4.79 Å². The lowest BCUT2D eigenvalue weighted by Gasteiger charge is -2.15. The molecular formula is C18H19N7O2. The monoisotopic (exact) mass is 365 g/mol. The van der Waals surface area contributed by atoms with Gasteiger partial charge in [0.05, 0.1) is 23.6 Å². The van der Waals surface area contributed by atoms with Crippen LogP contribution in [0, 0.1) is 0 Å². The third-order valence-electron chi connectivity index (χ3n) is 3.93. The van der Waals surface area contributed by atoms with Gasteiger partial charge in [0.15, 0.2) is 11.5 Å². The molecule has 0 aliphatic heterocycles. The number of rotatable bonds is 7. The van der Waals surface area contributed by atoms with Gasteiger partial charge in [-0.2, -0.15) is 0 Å². The molecule has 0 bridgehead atoms. The standard InChI is InChI=1S/C18H19N7O2/c1-2-12(16(19)26)24-14-9-22-15(17(20)27)18(25-14)23-11-7-10-5-3-4-6-13(10)21-8-11/h3-9,12H,2H2,1H3,(H2,19,26)(H2,20,27)(H2,23,24,25)/t12-/m1/s1. The maximum Gasteiger partial charge on any atom is 0.271 e. The molecule has 6 N–H and O–H groups in total. The molecular weight excluding hydrogens is 346 g/mol. The van der Waals surface area contributed by atoms with E-state index in [2.05, 4.69) is 25.6 Å². The molecule has 0 radical (unpaired) electrons. The van der Waals surface area contributed by atoms with Gasteiger partial charge in [-0.05, 0) is 18.6 Å². The number of carbonyl (C=O) groups is 2. The van der Waals surface area contributed by atoms with E-state index >= 15 is 0 Å². The predicted octanol–water partition coefficient (Wildman–Crippen LogP) is 1.54. The maximum atomic E-state index is 11.7. The first-order valence-electron chi connectivity index (χ1n) is 8.32. The molecule has 9 heteroatoms. The van der Waals surface area contributed by atoms with E-state index in [0.717, 1.165) is 10.9 Å². The number of nitrogens with zero attached hydrogens (tertiary/aromatic N) is 3. The number of primary amides is 2. The zero-order valence-corrected chi connectivity index (χ0v) is 14.6. The number of amides is 2. The van der Waals surface area contributed by atoms with Gasteiger partial charge in [-0.1, -0.05) is 25.1 Å². The van der Waals surface area contributed by atoms with Crippen molar-refractivity contribution in [1.82, 2.24) is 15.0 Å². The molecule has 0 saturated heterocycles. The minimum absolute atomic E-state index is 0.0270. The Labute approximate surface area is 155 Å². The number of nitrogens with two attached hydrogens (primary N) is 2. The van der Waals surface area contributed by atoms with E-state index in [4.69, 9.17) is 11.5 Å². The molecule has 0 aliphatic carbocycles. The molecule has 0 spiro atoms. The summed E-state index contributed by atoms with van der Waals surface area (Å²) in [6.07, 6.45) is 3.43. The van der Waals surface area contributed by atoms with E-state index in [-0.39, 0.29) is 11.5 Å². The van der Waals surface area contributed by atoms with Crippen LogP contribution in [-0.4, -0.2) is 32.8 Å². The topological polar surface area (TPSA) is 149 Å². The van der Waals surface area contributed by atoms with E-state index < -0.39 is 17.9 Å². The van der Waals surface area contributed by atoms with Gasteiger partial charge < -0.3 is 22.1 Å². The van der Waals surface area contributed by atoms with Crippen LogP contribution in [0.15, 0.2) is 42.7 Å². The van der Waals surface area contributed by atoms with Crippen LogP contribution in [0.3, 0.4) is 0 Å². The predicted molar refractivity (Wildman–Crippen MR) is 102 cm³/mol. The van der Waals surface area contributed by atoms with Crippen LogP contribution in [0.2, 0.25) is 0 Å². The number of aromatic nitrogens is 3. The summed E-state index contributed by atoms with van der Waals surface area (Å²) in [6, 6.07) is 8.89. The Morgan fingerprint density at radius 1 is 1.15 bits per heavy atom. The fraction of sp³-hybridized carbons (Fsp3) is 0.167. The van der Waals surface area contributed by atoms with Crippen molar-refractivity contribution in [3.05, 3.63) is 48.4 Å². The number of pyridine rings is 1. The molecule has 138 valence electrons. The van der Waals surface area contributed by atoms with Crippen LogP contribution in [0.1, 0.15) is 23.8 Å². The van der Waals surface area contributed by atoms with Crippen molar-refractivity contribution in [1.29, 1.82) is 0 Å². The summed E-state index contributed by atoms with van der Waals surface area (Å²) >= 11 is 0. The first kappa shape index (κ1) is 18.1. The molecule has 1 aromatic carbocycles. The second-order valence-corrected chi connectivity index (χ2v) is 5.87. The summed E-state index contributed by atoms with van der Waals surface area (Å²) in [5, 5.41) is 6.83. The van der Waals surface area contributed by atoms with Gasteiger partial charge in [-0.3, -0.25) is 14.6 Å². The maximum absolute atomic E-state index is 11.7. The van der Waals surface area contributed by atoms with Crippen molar-refractivity contribution in [2.75, 3.05) is 10.6 Å². The molecule has 9 nitrogen and oxygen atoms in total. The number of anilines is 3. The van der Waals surface area contributed by atoms with E-state index in [9.17, 15) is 9.59 Å². The van der Waals surface area contributed by atoms with Crippen LogP contribution >= 0.6 is 0 Å². The second kappa shape index (κ2) is 7.65. The Hall–Kier alpha value is -3.75. The SMILES string of the molecule is CC[C@@H](Nc1cnc(C(N)=O)c(Nc2cnc3ccccc3c2)n1)C(N)=O. The largest absolute Gasteiger partial charge is 0.368 e. The lowest BCUT2D eigenvalue weighted by Crippen LogP contribution is -2.35. The summed E-state index contributed by atoms with van der Waals surface area (Å²) in [6.45, 7) is 1.81. The number of fused-ring (bicyclic) bond motifs is 1. The number of hydrogen-bond donors (Lipinski definition) is 4. The van der Waals surface area contributed by atoms with E-state index in [1.54, 1.807) is 6.20 Å². The second-order valence-electron chi connectivity index (χ2n) is 5.87. The highest BCUT2D eigenvalue weighted by molar-refractivity contribution is 5.96. The van der Waals surface area contributed by atoms with Crippen LogP contribution < -0.4 is 22.1 Å². The molecule has 0 saturated carbocycles. The zero-order chi connectivity index (χ0) is 19.4. The van der Waals surface area contributed by atoms with Crippen LogP contribution in [0.25, 0.3) is 10.9 Å².